The quantitative estimate of drug-likeness (QED) is 0.435. The number of aromatic nitrogens is 3. The molecular weight excluding hydrogens is 310 g/mol. The molecule has 0 fully saturated rings. The van der Waals surface area contributed by atoms with E-state index < -0.39 is 0 Å². The predicted molar refractivity (Wildman–Crippen MR) is 99.9 cm³/mol. The van der Waals surface area contributed by atoms with E-state index in [9.17, 15) is 0 Å². The van der Waals surface area contributed by atoms with E-state index in [4.69, 9.17) is 10.8 Å². The molecule has 0 saturated carbocycles. The lowest BCUT2D eigenvalue weighted by atomic mass is 10.1. The van der Waals surface area contributed by atoms with Crippen molar-refractivity contribution in [2.45, 2.75) is 26.2 Å². The number of hydrogen-bond donors (Lipinski definition) is 2. The minimum Gasteiger partial charge on any atom is -0.286 e. The Hall–Kier alpha value is -3.08. The Labute approximate surface area is 146 Å². The molecule has 1 unspecified atom stereocenters. The third-order valence-corrected chi connectivity index (χ3v) is 4.10. The fourth-order valence-corrected chi connectivity index (χ4v) is 2.78. The molecular formula is C20H21N5. The molecule has 0 amide bonds. The fraction of sp³-hybridized carbons (Fsp3) is 0.200. The predicted octanol–water partition coefficient (Wildman–Crippen LogP) is 3.66. The maximum absolute atomic E-state index is 8.40. The van der Waals surface area contributed by atoms with Crippen LogP contribution >= 0.6 is 0 Å². The van der Waals surface area contributed by atoms with Crippen LogP contribution in [0.5, 0.6) is 0 Å². The minimum absolute atomic E-state index is 0.149. The Morgan fingerprint density at radius 2 is 2.08 bits per heavy atom. The van der Waals surface area contributed by atoms with Crippen LogP contribution in [0, 0.1) is 10.8 Å². The highest BCUT2D eigenvalue weighted by Crippen LogP contribution is 2.15. The Morgan fingerprint density at radius 1 is 1.24 bits per heavy atom. The van der Waals surface area contributed by atoms with E-state index in [0.29, 0.717) is 6.42 Å². The number of rotatable bonds is 4. The summed E-state index contributed by atoms with van der Waals surface area (Å²) in [5, 5.41) is 22.0. The summed E-state index contributed by atoms with van der Waals surface area (Å²) in [6.07, 6.45) is 6.22. The highest BCUT2D eigenvalue weighted by molar-refractivity contribution is 5.85. The van der Waals surface area contributed by atoms with E-state index in [0.717, 1.165) is 22.2 Å². The summed E-state index contributed by atoms with van der Waals surface area (Å²) in [5.41, 5.74) is 3.00. The zero-order chi connectivity index (χ0) is 17.8. The van der Waals surface area contributed by atoms with Crippen LogP contribution in [0.2, 0.25) is 0 Å². The molecule has 5 nitrogen and oxygen atoms in total. The molecule has 0 saturated heterocycles. The lowest BCUT2D eigenvalue weighted by Crippen LogP contribution is -2.31. The minimum atomic E-state index is 0.149. The van der Waals surface area contributed by atoms with Crippen molar-refractivity contribution in [3.05, 3.63) is 77.6 Å². The van der Waals surface area contributed by atoms with Gasteiger partial charge in [0.2, 0.25) is 0 Å². The van der Waals surface area contributed by atoms with E-state index in [1.165, 1.54) is 4.68 Å². The van der Waals surface area contributed by atoms with Gasteiger partial charge in [0.25, 0.3) is 0 Å². The SMILES string of the molecule is C/C=C\C(C)c1ccc(=N)n(C(=N)Cc2ccc3ncccc3c2)n1. The average molecular weight is 331 g/mol. The van der Waals surface area contributed by atoms with Crippen molar-refractivity contribution < 1.29 is 0 Å². The van der Waals surface area contributed by atoms with Crippen LogP contribution in [-0.4, -0.2) is 20.6 Å². The van der Waals surface area contributed by atoms with E-state index in [1.807, 2.05) is 49.4 Å². The number of fused-ring (bicyclic) bond motifs is 1. The number of pyridine rings is 1. The van der Waals surface area contributed by atoms with Crippen molar-refractivity contribution in [2.24, 2.45) is 0 Å². The molecule has 1 aromatic carbocycles. The lowest BCUT2D eigenvalue weighted by Gasteiger charge is -2.12. The third-order valence-electron chi connectivity index (χ3n) is 4.10. The van der Waals surface area contributed by atoms with E-state index in [2.05, 4.69) is 23.1 Å². The molecule has 3 rings (SSSR count). The molecule has 1 atom stereocenters. The van der Waals surface area contributed by atoms with Gasteiger partial charge in [-0.15, -0.1) is 0 Å². The second kappa shape index (κ2) is 7.21. The summed E-state index contributed by atoms with van der Waals surface area (Å²) in [7, 11) is 0. The van der Waals surface area contributed by atoms with E-state index >= 15 is 0 Å². The zero-order valence-electron chi connectivity index (χ0n) is 14.4. The van der Waals surface area contributed by atoms with Gasteiger partial charge in [-0.3, -0.25) is 15.8 Å². The van der Waals surface area contributed by atoms with Crippen molar-refractivity contribution >= 4 is 16.7 Å². The Bertz CT molecular complexity index is 1000. The highest BCUT2D eigenvalue weighted by atomic mass is 15.3. The maximum Gasteiger partial charge on any atom is 0.148 e. The van der Waals surface area contributed by atoms with Crippen LogP contribution in [-0.2, 0) is 6.42 Å². The molecule has 25 heavy (non-hydrogen) atoms. The molecule has 2 heterocycles. The van der Waals surface area contributed by atoms with Gasteiger partial charge in [0.05, 0.1) is 11.2 Å². The molecule has 0 bridgehead atoms. The highest BCUT2D eigenvalue weighted by Gasteiger charge is 2.09. The number of nitrogens with one attached hydrogen (secondary N) is 2. The first-order chi connectivity index (χ1) is 12.1. The van der Waals surface area contributed by atoms with Crippen LogP contribution < -0.4 is 5.49 Å². The first-order valence-corrected chi connectivity index (χ1v) is 8.27. The van der Waals surface area contributed by atoms with Crippen molar-refractivity contribution in [1.82, 2.24) is 14.8 Å². The largest absolute Gasteiger partial charge is 0.286 e. The zero-order valence-corrected chi connectivity index (χ0v) is 14.4. The topological polar surface area (TPSA) is 78.4 Å². The van der Waals surface area contributed by atoms with Crippen molar-refractivity contribution in [3.8, 4) is 0 Å². The second-order valence-electron chi connectivity index (χ2n) is 6.02. The summed E-state index contributed by atoms with van der Waals surface area (Å²) >= 11 is 0. The monoisotopic (exact) mass is 331 g/mol. The van der Waals surface area contributed by atoms with Crippen molar-refractivity contribution in [3.63, 3.8) is 0 Å². The van der Waals surface area contributed by atoms with E-state index in [-0.39, 0.29) is 17.2 Å². The number of benzene rings is 1. The molecule has 126 valence electrons. The first-order valence-electron chi connectivity index (χ1n) is 8.27. The van der Waals surface area contributed by atoms with Gasteiger partial charge in [0, 0.05) is 23.9 Å². The standard InChI is InChI=1S/C20H21N5/c1-3-5-14(2)17-9-10-19(21)25(24-17)20(22)13-15-7-8-18-16(12-15)6-4-11-23-18/h3-12,14,21-22H,13H2,1-2H3/b5-3-,21-19?,22-20?. The summed E-state index contributed by atoms with van der Waals surface area (Å²) in [5.74, 6) is 0.430. The van der Waals surface area contributed by atoms with Gasteiger partial charge >= 0.3 is 0 Å². The van der Waals surface area contributed by atoms with Crippen LogP contribution in [0.1, 0.15) is 31.0 Å². The molecule has 3 aromatic rings. The van der Waals surface area contributed by atoms with Gasteiger partial charge in [0.15, 0.2) is 0 Å². The lowest BCUT2D eigenvalue weighted by molar-refractivity contribution is 0.735. The Kier molecular flexibility index (Phi) is 4.84. The normalized spacial score (nSPS) is 12.6. The van der Waals surface area contributed by atoms with Gasteiger partial charge in [-0.2, -0.15) is 5.10 Å². The van der Waals surface area contributed by atoms with Gasteiger partial charge in [-0.1, -0.05) is 31.2 Å². The molecule has 5 heteroatoms. The van der Waals surface area contributed by atoms with Crippen LogP contribution in [0.4, 0.5) is 0 Å². The number of nitrogens with zero attached hydrogens (tertiary/aromatic N) is 3. The average Bonchev–Trinajstić information content (AvgIpc) is 2.62. The van der Waals surface area contributed by atoms with Crippen molar-refractivity contribution in [1.29, 1.82) is 10.8 Å². The molecule has 2 aromatic heterocycles. The van der Waals surface area contributed by atoms with Crippen molar-refractivity contribution in [2.75, 3.05) is 0 Å². The Balaban J connectivity index is 1.89. The number of allylic oxidation sites excluding steroid dienone is 2. The maximum atomic E-state index is 8.40. The summed E-state index contributed by atoms with van der Waals surface area (Å²) < 4.78 is 1.41. The first kappa shape index (κ1) is 16.8. The molecule has 0 aliphatic carbocycles. The fourth-order valence-electron chi connectivity index (χ4n) is 2.78. The van der Waals surface area contributed by atoms with Gasteiger partial charge in [-0.25, -0.2) is 4.68 Å². The summed E-state index contributed by atoms with van der Waals surface area (Å²) in [4.78, 5) is 4.31. The third kappa shape index (κ3) is 3.71. The van der Waals surface area contributed by atoms with Crippen LogP contribution in [0.25, 0.3) is 10.9 Å². The molecule has 0 spiro atoms. The second-order valence-corrected chi connectivity index (χ2v) is 6.02. The molecule has 0 aliphatic heterocycles. The summed E-state index contributed by atoms with van der Waals surface area (Å²) in [6.45, 7) is 4.02. The smallest absolute Gasteiger partial charge is 0.148 e. The molecule has 2 N–H and O–H groups in total. The molecule has 0 aliphatic rings. The van der Waals surface area contributed by atoms with Gasteiger partial charge in [-0.05, 0) is 42.8 Å². The number of hydrogen-bond acceptors (Lipinski definition) is 4. The van der Waals surface area contributed by atoms with Crippen LogP contribution in [0.3, 0.4) is 0 Å². The molecule has 0 radical (unpaired) electrons. The van der Waals surface area contributed by atoms with Gasteiger partial charge < -0.3 is 0 Å². The van der Waals surface area contributed by atoms with E-state index in [1.54, 1.807) is 12.3 Å². The van der Waals surface area contributed by atoms with Gasteiger partial charge in [0.1, 0.15) is 11.3 Å². The Morgan fingerprint density at radius 3 is 2.88 bits per heavy atom. The summed E-state index contributed by atoms with van der Waals surface area (Å²) in [6, 6.07) is 13.4. The van der Waals surface area contributed by atoms with Crippen LogP contribution in [0.15, 0.2) is 60.8 Å².